The van der Waals surface area contributed by atoms with Crippen LogP contribution in [0.4, 0.5) is 0 Å². The average molecular weight is 460 g/mol. The molecule has 0 radical (unpaired) electrons. The monoisotopic (exact) mass is 460 g/mol. The summed E-state index contributed by atoms with van der Waals surface area (Å²) in [5.41, 5.74) is 2.23. The molecule has 7 heteroatoms. The number of ether oxygens (including phenoxy) is 1. The minimum atomic E-state index is -0.0940. The van der Waals surface area contributed by atoms with Gasteiger partial charge in [0, 0.05) is 38.1 Å². The van der Waals surface area contributed by atoms with Gasteiger partial charge in [-0.25, -0.2) is 0 Å². The number of rotatable bonds is 5. The third-order valence-corrected chi connectivity index (χ3v) is 4.30. The van der Waals surface area contributed by atoms with Gasteiger partial charge in [-0.3, -0.25) is 14.8 Å². The Hall–Kier alpha value is -1.38. The Morgan fingerprint density at radius 1 is 1.40 bits per heavy atom. The number of halogens is 1. The number of esters is 1. The normalized spacial score (nSPS) is 15.5. The smallest absolute Gasteiger partial charge is 0.308 e. The predicted octanol–water partition coefficient (Wildman–Crippen LogP) is 2.40. The second-order valence-corrected chi connectivity index (χ2v) is 6.08. The zero-order chi connectivity index (χ0) is 17.4. The van der Waals surface area contributed by atoms with Gasteiger partial charge in [0.25, 0.3) is 0 Å². The lowest BCUT2D eigenvalue weighted by Gasteiger charge is -2.33. The Bertz CT molecular complexity index is 555. The zero-order valence-corrected chi connectivity index (χ0v) is 17.7. The molecule has 0 bridgehead atoms. The number of aromatic nitrogens is 1. The summed E-state index contributed by atoms with van der Waals surface area (Å²) in [6.07, 6.45) is 4.43. The lowest BCUT2D eigenvalue weighted by molar-refractivity contribution is -0.146. The van der Waals surface area contributed by atoms with Crippen molar-refractivity contribution in [3.8, 4) is 0 Å². The average Bonchev–Trinajstić information content (AvgIpc) is 2.62. The highest BCUT2D eigenvalue weighted by Gasteiger charge is 2.26. The summed E-state index contributed by atoms with van der Waals surface area (Å²) in [4.78, 5) is 22.9. The number of carbonyl (C=O) groups is 1. The SMILES string of the molecule is CCNC(=NCCc1ccc(C)nc1)N1CCC(C(=O)OC)CC1.I. The van der Waals surface area contributed by atoms with Crippen molar-refractivity contribution >= 4 is 35.9 Å². The first-order valence-corrected chi connectivity index (χ1v) is 8.66. The third-order valence-electron chi connectivity index (χ3n) is 4.30. The van der Waals surface area contributed by atoms with Crippen LogP contribution in [-0.4, -0.2) is 55.1 Å². The van der Waals surface area contributed by atoms with Gasteiger partial charge < -0.3 is 15.0 Å². The Morgan fingerprint density at radius 3 is 2.68 bits per heavy atom. The molecule has 1 fully saturated rings. The summed E-state index contributed by atoms with van der Waals surface area (Å²) >= 11 is 0. The van der Waals surface area contributed by atoms with E-state index in [-0.39, 0.29) is 35.9 Å². The Labute approximate surface area is 167 Å². The van der Waals surface area contributed by atoms with Crippen LogP contribution in [0, 0.1) is 12.8 Å². The van der Waals surface area contributed by atoms with E-state index in [9.17, 15) is 4.79 Å². The van der Waals surface area contributed by atoms with Crippen molar-refractivity contribution < 1.29 is 9.53 Å². The van der Waals surface area contributed by atoms with Crippen LogP contribution in [0.5, 0.6) is 0 Å². The molecular formula is C18H29IN4O2. The highest BCUT2D eigenvalue weighted by atomic mass is 127. The van der Waals surface area contributed by atoms with E-state index in [2.05, 4.69) is 28.2 Å². The number of likely N-dealkylation sites (tertiary alicyclic amines) is 1. The van der Waals surface area contributed by atoms with Gasteiger partial charge in [0.05, 0.1) is 13.0 Å². The number of nitrogens with zero attached hydrogens (tertiary/aromatic N) is 3. The highest BCUT2D eigenvalue weighted by Crippen LogP contribution is 2.18. The van der Waals surface area contributed by atoms with E-state index in [1.807, 2.05) is 19.2 Å². The molecule has 140 valence electrons. The number of pyridine rings is 1. The van der Waals surface area contributed by atoms with E-state index >= 15 is 0 Å². The lowest BCUT2D eigenvalue weighted by atomic mass is 9.97. The second-order valence-electron chi connectivity index (χ2n) is 6.08. The molecule has 0 saturated carbocycles. The van der Waals surface area contributed by atoms with Crippen LogP contribution in [0.1, 0.15) is 31.0 Å². The van der Waals surface area contributed by atoms with E-state index in [1.165, 1.54) is 12.7 Å². The number of aliphatic imine (C=N–C) groups is 1. The van der Waals surface area contributed by atoms with E-state index < -0.39 is 0 Å². The third kappa shape index (κ3) is 6.80. The van der Waals surface area contributed by atoms with Gasteiger partial charge in [-0.05, 0) is 44.7 Å². The number of hydrogen-bond donors (Lipinski definition) is 1. The van der Waals surface area contributed by atoms with Gasteiger partial charge in [-0.2, -0.15) is 0 Å². The van der Waals surface area contributed by atoms with Crippen molar-refractivity contribution in [2.24, 2.45) is 10.9 Å². The fourth-order valence-corrected chi connectivity index (χ4v) is 2.86. The van der Waals surface area contributed by atoms with Crippen LogP contribution < -0.4 is 5.32 Å². The molecule has 25 heavy (non-hydrogen) atoms. The van der Waals surface area contributed by atoms with Crippen LogP contribution in [-0.2, 0) is 16.0 Å². The molecule has 1 aromatic heterocycles. The fourth-order valence-electron chi connectivity index (χ4n) is 2.86. The number of methoxy groups -OCH3 is 1. The molecule has 1 saturated heterocycles. The van der Waals surface area contributed by atoms with Crippen LogP contribution in [0.25, 0.3) is 0 Å². The Balaban J connectivity index is 0.00000312. The summed E-state index contributed by atoms with van der Waals surface area (Å²) in [6.45, 7) is 7.28. The molecule has 0 spiro atoms. The van der Waals surface area contributed by atoms with E-state index in [0.717, 1.165) is 57.1 Å². The van der Waals surface area contributed by atoms with Crippen molar-refractivity contribution in [1.82, 2.24) is 15.2 Å². The minimum absolute atomic E-state index is 0. The van der Waals surface area contributed by atoms with Gasteiger partial charge in [0.2, 0.25) is 0 Å². The van der Waals surface area contributed by atoms with Crippen LogP contribution in [0.15, 0.2) is 23.3 Å². The first-order chi connectivity index (χ1) is 11.6. The number of hydrogen-bond acceptors (Lipinski definition) is 4. The van der Waals surface area contributed by atoms with E-state index in [4.69, 9.17) is 9.73 Å². The number of carbonyl (C=O) groups excluding carboxylic acids is 1. The summed E-state index contributed by atoms with van der Waals surface area (Å²) in [7, 11) is 1.46. The number of aryl methyl sites for hydroxylation is 1. The summed E-state index contributed by atoms with van der Waals surface area (Å²) in [5.74, 6) is 0.858. The largest absolute Gasteiger partial charge is 0.469 e. The topological polar surface area (TPSA) is 66.8 Å². The van der Waals surface area contributed by atoms with Gasteiger partial charge in [-0.1, -0.05) is 6.07 Å². The van der Waals surface area contributed by atoms with Crippen molar-refractivity contribution in [2.75, 3.05) is 33.3 Å². The predicted molar refractivity (Wildman–Crippen MR) is 110 cm³/mol. The summed E-state index contributed by atoms with van der Waals surface area (Å²) < 4.78 is 4.85. The fraction of sp³-hybridized carbons (Fsp3) is 0.611. The van der Waals surface area contributed by atoms with Crippen LogP contribution in [0.3, 0.4) is 0 Å². The first kappa shape index (κ1) is 21.7. The number of piperidine rings is 1. The van der Waals surface area contributed by atoms with Gasteiger partial charge in [-0.15, -0.1) is 24.0 Å². The molecule has 0 aliphatic carbocycles. The molecule has 0 unspecified atom stereocenters. The molecule has 1 aromatic rings. The van der Waals surface area contributed by atoms with Crippen molar-refractivity contribution in [3.63, 3.8) is 0 Å². The second kappa shape index (κ2) is 11.3. The molecule has 1 N–H and O–H groups in total. The zero-order valence-electron chi connectivity index (χ0n) is 15.3. The number of guanidine groups is 1. The maximum Gasteiger partial charge on any atom is 0.308 e. The molecule has 6 nitrogen and oxygen atoms in total. The molecule has 1 aliphatic heterocycles. The number of nitrogens with one attached hydrogen (secondary N) is 1. The van der Waals surface area contributed by atoms with E-state index in [0.29, 0.717) is 0 Å². The van der Waals surface area contributed by atoms with Gasteiger partial charge in [0.1, 0.15) is 0 Å². The lowest BCUT2D eigenvalue weighted by Crippen LogP contribution is -2.46. The molecule has 2 heterocycles. The maximum atomic E-state index is 11.6. The maximum absolute atomic E-state index is 11.6. The van der Waals surface area contributed by atoms with Crippen LogP contribution >= 0.6 is 24.0 Å². The van der Waals surface area contributed by atoms with Crippen molar-refractivity contribution in [1.29, 1.82) is 0 Å². The molecule has 2 rings (SSSR count). The quantitative estimate of drug-likeness (QED) is 0.317. The molecule has 0 aromatic carbocycles. The summed E-state index contributed by atoms with van der Waals surface area (Å²) in [6, 6.07) is 4.13. The van der Waals surface area contributed by atoms with E-state index in [1.54, 1.807) is 0 Å². The van der Waals surface area contributed by atoms with Gasteiger partial charge in [0.15, 0.2) is 5.96 Å². The van der Waals surface area contributed by atoms with Crippen molar-refractivity contribution in [2.45, 2.75) is 33.1 Å². The molecule has 0 atom stereocenters. The first-order valence-electron chi connectivity index (χ1n) is 8.66. The molecule has 1 aliphatic rings. The standard InChI is InChI=1S/C18H28N4O2.HI/c1-4-19-18(20-10-7-15-6-5-14(2)21-13-15)22-11-8-16(9-12-22)17(23)24-3;/h5-6,13,16H,4,7-12H2,1-3H3,(H,19,20);1H. The Kier molecular flexibility index (Phi) is 9.77. The Morgan fingerprint density at radius 2 is 2.12 bits per heavy atom. The van der Waals surface area contributed by atoms with Crippen molar-refractivity contribution in [3.05, 3.63) is 29.6 Å². The minimum Gasteiger partial charge on any atom is -0.469 e. The molecule has 0 amide bonds. The summed E-state index contributed by atoms with van der Waals surface area (Å²) in [5, 5.41) is 3.35. The van der Waals surface area contributed by atoms with Gasteiger partial charge >= 0.3 is 5.97 Å². The molecular weight excluding hydrogens is 431 g/mol. The van der Waals surface area contributed by atoms with Crippen LogP contribution in [0.2, 0.25) is 0 Å². The highest BCUT2D eigenvalue weighted by molar-refractivity contribution is 14.0.